The lowest BCUT2D eigenvalue weighted by molar-refractivity contribution is -0.141. The van der Waals surface area contributed by atoms with Crippen molar-refractivity contribution in [3.05, 3.63) is 88.9 Å². The smallest absolute Gasteiger partial charge is 0.309 e. The molecule has 0 saturated carbocycles. The normalized spacial score (nSPS) is 14.2. The van der Waals surface area contributed by atoms with Gasteiger partial charge in [0, 0.05) is 18.7 Å². The first-order valence-electron chi connectivity index (χ1n) is 8.63. The molecule has 28 heavy (non-hydrogen) atoms. The SMILES string of the molecule is Fc1ccc(C2=CCNCc3cc(-c4ccc(C(F)(F)F)nn4)ccc32)cc1. The summed E-state index contributed by atoms with van der Waals surface area (Å²) in [5.74, 6) is -0.299. The second kappa shape index (κ2) is 7.16. The molecule has 142 valence electrons. The number of rotatable bonds is 2. The lowest BCUT2D eigenvalue weighted by atomic mass is 9.92. The van der Waals surface area contributed by atoms with Gasteiger partial charge in [-0.1, -0.05) is 30.3 Å². The summed E-state index contributed by atoms with van der Waals surface area (Å²) < 4.78 is 51.3. The van der Waals surface area contributed by atoms with Crippen LogP contribution in [0.5, 0.6) is 0 Å². The first kappa shape index (κ1) is 18.3. The third-order valence-corrected chi connectivity index (χ3v) is 4.57. The minimum Gasteiger partial charge on any atom is -0.309 e. The molecule has 0 unspecified atom stereocenters. The van der Waals surface area contributed by atoms with E-state index in [0.717, 1.165) is 28.3 Å². The average Bonchev–Trinajstić information content (AvgIpc) is 2.90. The fraction of sp³-hybridized carbons (Fsp3) is 0.143. The predicted octanol–water partition coefficient (Wildman–Crippen LogP) is 4.84. The number of alkyl halides is 3. The van der Waals surface area contributed by atoms with E-state index in [-0.39, 0.29) is 5.82 Å². The van der Waals surface area contributed by atoms with Gasteiger partial charge in [-0.2, -0.15) is 13.2 Å². The van der Waals surface area contributed by atoms with Crippen molar-refractivity contribution in [3.8, 4) is 11.3 Å². The number of nitrogens with zero attached hydrogens (tertiary/aromatic N) is 2. The van der Waals surface area contributed by atoms with Crippen LogP contribution in [0.1, 0.15) is 22.4 Å². The molecule has 0 radical (unpaired) electrons. The van der Waals surface area contributed by atoms with Gasteiger partial charge in [0.1, 0.15) is 5.82 Å². The van der Waals surface area contributed by atoms with Crippen LogP contribution < -0.4 is 5.32 Å². The van der Waals surface area contributed by atoms with Gasteiger partial charge in [-0.15, -0.1) is 10.2 Å². The van der Waals surface area contributed by atoms with Crippen LogP contribution in [0.3, 0.4) is 0 Å². The van der Waals surface area contributed by atoms with E-state index in [4.69, 9.17) is 0 Å². The van der Waals surface area contributed by atoms with E-state index < -0.39 is 11.9 Å². The maximum atomic E-state index is 13.3. The molecule has 0 saturated heterocycles. The highest BCUT2D eigenvalue weighted by Crippen LogP contribution is 2.32. The molecule has 3 aromatic rings. The molecule has 1 aromatic heterocycles. The molecule has 2 aromatic carbocycles. The molecule has 1 aliphatic heterocycles. The number of halogens is 4. The van der Waals surface area contributed by atoms with Crippen LogP contribution in [-0.4, -0.2) is 16.7 Å². The topological polar surface area (TPSA) is 37.8 Å². The van der Waals surface area contributed by atoms with E-state index in [0.29, 0.717) is 24.3 Å². The van der Waals surface area contributed by atoms with Crippen molar-refractivity contribution in [3.63, 3.8) is 0 Å². The molecule has 2 heterocycles. The highest BCUT2D eigenvalue weighted by atomic mass is 19.4. The summed E-state index contributed by atoms with van der Waals surface area (Å²) in [7, 11) is 0. The van der Waals surface area contributed by atoms with Crippen molar-refractivity contribution < 1.29 is 17.6 Å². The van der Waals surface area contributed by atoms with Gasteiger partial charge in [0.15, 0.2) is 5.69 Å². The molecule has 1 aliphatic rings. The molecule has 7 heteroatoms. The Morgan fingerprint density at radius 1 is 0.857 bits per heavy atom. The van der Waals surface area contributed by atoms with Gasteiger partial charge in [0.2, 0.25) is 0 Å². The second-order valence-electron chi connectivity index (χ2n) is 6.43. The number of hydrogen-bond donors (Lipinski definition) is 1. The summed E-state index contributed by atoms with van der Waals surface area (Å²) in [4.78, 5) is 0. The fourth-order valence-corrected chi connectivity index (χ4v) is 3.19. The Hall–Kier alpha value is -3.06. The first-order valence-corrected chi connectivity index (χ1v) is 8.63. The van der Waals surface area contributed by atoms with E-state index in [9.17, 15) is 17.6 Å². The zero-order valence-electron chi connectivity index (χ0n) is 14.6. The Morgan fingerprint density at radius 2 is 1.61 bits per heavy atom. The minimum absolute atomic E-state index is 0.299. The van der Waals surface area contributed by atoms with Gasteiger partial charge in [-0.3, -0.25) is 0 Å². The van der Waals surface area contributed by atoms with Crippen LogP contribution in [0.2, 0.25) is 0 Å². The maximum Gasteiger partial charge on any atom is 0.435 e. The van der Waals surface area contributed by atoms with E-state index in [1.54, 1.807) is 18.2 Å². The van der Waals surface area contributed by atoms with Crippen LogP contribution in [0.15, 0.2) is 60.7 Å². The summed E-state index contributed by atoms with van der Waals surface area (Å²) in [5.41, 5.74) is 3.87. The van der Waals surface area contributed by atoms with Gasteiger partial charge >= 0.3 is 6.18 Å². The molecule has 0 aliphatic carbocycles. The predicted molar refractivity (Wildman–Crippen MR) is 97.7 cm³/mol. The number of fused-ring (bicyclic) bond motifs is 1. The van der Waals surface area contributed by atoms with Crippen LogP contribution in [-0.2, 0) is 12.7 Å². The Balaban J connectivity index is 1.71. The van der Waals surface area contributed by atoms with Gasteiger partial charge in [0.25, 0.3) is 0 Å². The van der Waals surface area contributed by atoms with Crippen molar-refractivity contribution in [2.24, 2.45) is 0 Å². The van der Waals surface area contributed by atoms with Gasteiger partial charge in [-0.05, 0) is 52.6 Å². The van der Waals surface area contributed by atoms with Crippen molar-refractivity contribution in [2.45, 2.75) is 12.7 Å². The van der Waals surface area contributed by atoms with Gasteiger partial charge in [0.05, 0.1) is 5.69 Å². The highest BCUT2D eigenvalue weighted by molar-refractivity contribution is 5.83. The Bertz CT molecular complexity index is 1020. The van der Waals surface area contributed by atoms with Crippen molar-refractivity contribution in [1.82, 2.24) is 15.5 Å². The van der Waals surface area contributed by atoms with Crippen molar-refractivity contribution >= 4 is 5.57 Å². The Labute approximate surface area is 158 Å². The van der Waals surface area contributed by atoms with Gasteiger partial charge in [-0.25, -0.2) is 4.39 Å². The van der Waals surface area contributed by atoms with Crippen LogP contribution in [0.4, 0.5) is 17.6 Å². The zero-order chi connectivity index (χ0) is 19.7. The van der Waals surface area contributed by atoms with Crippen LogP contribution in [0, 0.1) is 5.82 Å². The third kappa shape index (κ3) is 3.66. The molecule has 0 spiro atoms. The highest BCUT2D eigenvalue weighted by Gasteiger charge is 2.32. The molecule has 0 bridgehead atoms. The quantitative estimate of drug-likeness (QED) is 0.642. The number of benzene rings is 2. The number of nitrogens with one attached hydrogen (secondary N) is 1. The Kier molecular flexibility index (Phi) is 4.68. The van der Waals surface area contributed by atoms with Crippen molar-refractivity contribution in [1.29, 1.82) is 0 Å². The fourth-order valence-electron chi connectivity index (χ4n) is 3.19. The maximum absolute atomic E-state index is 13.3. The largest absolute Gasteiger partial charge is 0.435 e. The molecule has 0 amide bonds. The summed E-state index contributed by atoms with van der Waals surface area (Å²) in [6.07, 6.45) is -2.48. The Morgan fingerprint density at radius 3 is 2.29 bits per heavy atom. The molecule has 4 rings (SSSR count). The monoisotopic (exact) mass is 385 g/mol. The molecular weight excluding hydrogens is 370 g/mol. The number of aromatic nitrogens is 2. The van der Waals surface area contributed by atoms with Crippen molar-refractivity contribution in [2.75, 3.05) is 6.54 Å². The lowest BCUT2D eigenvalue weighted by Crippen LogP contribution is -2.11. The lowest BCUT2D eigenvalue weighted by Gasteiger charge is -2.13. The molecular formula is C21H15F4N3. The van der Waals surface area contributed by atoms with Gasteiger partial charge < -0.3 is 5.32 Å². The summed E-state index contributed by atoms with van der Waals surface area (Å²) in [5, 5.41) is 10.3. The third-order valence-electron chi connectivity index (χ3n) is 4.57. The van der Waals surface area contributed by atoms with E-state index in [2.05, 4.69) is 15.5 Å². The standard InChI is InChI=1S/C21H15F4N3/c22-16-4-1-13(2-5-16)18-9-10-26-12-15-11-14(3-6-17(15)18)19-7-8-20(28-27-19)21(23,24)25/h1-9,11,26H,10,12H2. The summed E-state index contributed by atoms with van der Waals surface area (Å²) in [6.45, 7) is 1.25. The zero-order valence-corrected chi connectivity index (χ0v) is 14.6. The van der Waals surface area contributed by atoms with Crippen LogP contribution in [0.25, 0.3) is 16.8 Å². The van der Waals surface area contributed by atoms with E-state index >= 15 is 0 Å². The van der Waals surface area contributed by atoms with E-state index in [1.807, 2.05) is 18.2 Å². The van der Waals surface area contributed by atoms with Crippen LogP contribution >= 0.6 is 0 Å². The first-order chi connectivity index (χ1) is 13.4. The molecule has 0 fully saturated rings. The molecule has 0 atom stereocenters. The minimum atomic E-state index is -4.52. The van der Waals surface area contributed by atoms with E-state index in [1.165, 1.54) is 18.2 Å². The molecule has 1 N–H and O–H groups in total. The summed E-state index contributed by atoms with van der Waals surface area (Å²) >= 11 is 0. The number of hydrogen-bond acceptors (Lipinski definition) is 3. The average molecular weight is 385 g/mol. The molecule has 3 nitrogen and oxygen atoms in total. The summed E-state index contributed by atoms with van der Waals surface area (Å²) in [6, 6.07) is 14.1. The second-order valence-corrected chi connectivity index (χ2v) is 6.43.